The zero-order valence-electron chi connectivity index (χ0n) is 13.6. The summed E-state index contributed by atoms with van der Waals surface area (Å²) < 4.78 is 5.17. The maximum atomic E-state index is 12.4. The molecular formula is C17H21N3O3. The fourth-order valence-electron chi connectivity index (χ4n) is 2.09. The number of carbonyl (C=O) groups is 2. The van der Waals surface area contributed by atoms with Crippen LogP contribution in [0.4, 0.5) is 0 Å². The molecule has 0 unspecified atom stereocenters. The molecule has 2 aromatic rings. The maximum Gasteiger partial charge on any atom is 0.257 e. The predicted octanol–water partition coefficient (Wildman–Crippen LogP) is 2.15. The molecule has 0 atom stereocenters. The summed E-state index contributed by atoms with van der Waals surface area (Å²) in [7, 11) is 0. The van der Waals surface area contributed by atoms with Crippen molar-refractivity contribution >= 4 is 11.8 Å². The zero-order valence-corrected chi connectivity index (χ0v) is 13.6. The minimum absolute atomic E-state index is 0.0367. The van der Waals surface area contributed by atoms with E-state index in [9.17, 15) is 9.59 Å². The van der Waals surface area contributed by atoms with Gasteiger partial charge in [0.2, 0.25) is 5.91 Å². The molecule has 0 saturated heterocycles. The lowest BCUT2D eigenvalue weighted by Gasteiger charge is -2.09. The third-order valence-corrected chi connectivity index (χ3v) is 3.37. The van der Waals surface area contributed by atoms with E-state index >= 15 is 0 Å². The van der Waals surface area contributed by atoms with E-state index in [1.54, 1.807) is 6.92 Å². The van der Waals surface area contributed by atoms with Crippen molar-refractivity contribution in [1.82, 2.24) is 15.8 Å². The summed E-state index contributed by atoms with van der Waals surface area (Å²) >= 11 is 0. The number of hydrogen-bond acceptors (Lipinski definition) is 4. The van der Waals surface area contributed by atoms with E-state index in [1.807, 2.05) is 44.2 Å². The van der Waals surface area contributed by atoms with E-state index in [-0.39, 0.29) is 17.7 Å². The summed E-state index contributed by atoms with van der Waals surface area (Å²) in [5, 5.41) is 9.51. The van der Waals surface area contributed by atoms with Gasteiger partial charge in [0.25, 0.3) is 5.91 Å². The second kappa shape index (κ2) is 7.58. The Morgan fingerprint density at radius 1 is 1.13 bits per heavy atom. The van der Waals surface area contributed by atoms with Crippen LogP contribution in [0.3, 0.4) is 0 Å². The molecule has 0 spiro atoms. The highest BCUT2D eigenvalue weighted by molar-refractivity contribution is 6.00. The third kappa shape index (κ3) is 4.18. The lowest BCUT2D eigenvalue weighted by Crippen LogP contribution is -2.36. The van der Waals surface area contributed by atoms with Crippen LogP contribution in [0.25, 0.3) is 11.3 Å². The Morgan fingerprint density at radius 3 is 2.43 bits per heavy atom. The first-order valence-electron chi connectivity index (χ1n) is 7.58. The first-order valence-corrected chi connectivity index (χ1v) is 7.58. The van der Waals surface area contributed by atoms with Crippen LogP contribution in [-0.4, -0.2) is 30.1 Å². The SMILES string of the molecule is Cc1onc(-c2ccccc2)c1C(=O)NCCNC(=O)C(C)C. The molecule has 0 aliphatic carbocycles. The molecule has 0 bridgehead atoms. The van der Waals surface area contributed by atoms with Crippen LogP contribution >= 0.6 is 0 Å². The number of nitrogens with zero attached hydrogens (tertiary/aromatic N) is 1. The van der Waals surface area contributed by atoms with Gasteiger partial charge in [-0.05, 0) is 6.92 Å². The summed E-state index contributed by atoms with van der Waals surface area (Å²) in [6, 6.07) is 9.40. The van der Waals surface area contributed by atoms with Crippen molar-refractivity contribution in [1.29, 1.82) is 0 Å². The monoisotopic (exact) mass is 315 g/mol. The molecule has 1 aromatic heterocycles. The highest BCUT2D eigenvalue weighted by Crippen LogP contribution is 2.24. The van der Waals surface area contributed by atoms with Crippen molar-refractivity contribution in [2.45, 2.75) is 20.8 Å². The van der Waals surface area contributed by atoms with Crippen LogP contribution in [0.5, 0.6) is 0 Å². The largest absolute Gasteiger partial charge is 0.360 e. The fourth-order valence-corrected chi connectivity index (χ4v) is 2.09. The highest BCUT2D eigenvalue weighted by atomic mass is 16.5. The lowest BCUT2D eigenvalue weighted by atomic mass is 10.1. The molecule has 0 radical (unpaired) electrons. The van der Waals surface area contributed by atoms with Crippen LogP contribution in [0, 0.1) is 12.8 Å². The lowest BCUT2D eigenvalue weighted by molar-refractivity contribution is -0.123. The number of aryl methyl sites for hydroxylation is 1. The van der Waals surface area contributed by atoms with Gasteiger partial charge in [-0.3, -0.25) is 9.59 Å². The van der Waals surface area contributed by atoms with Crippen molar-refractivity contribution in [3.05, 3.63) is 41.7 Å². The zero-order chi connectivity index (χ0) is 16.8. The Labute approximate surface area is 135 Å². The smallest absolute Gasteiger partial charge is 0.257 e. The van der Waals surface area contributed by atoms with Gasteiger partial charge in [0.05, 0.1) is 0 Å². The number of rotatable bonds is 6. The van der Waals surface area contributed by atoms with Gasteiger partial charge in [-0.1, -0.05) is 49.3 Å². The summed E-state index contributed by atoms with van der Waals surface area (Å²) in [5.41, 5.74) is 1.76. The second-order valence-electron chi connectivity index (χ2n) is 5.53. The van der Waals surface area contributed by atoms with E-state index in [0.29, 0.717) is 30.1 Å². The summed E-state index contributed by atoms with van der Waals surface area (Å²) in [6.07, 6.45) is 0. The molecule has 2 rings (SSSR count). The standard InChI is InChI=1S/C17H21N3O3/c1-11(2)16(21)18-9-10-19-17(22)14-12(3)23-20-15(14)13-7-5-4-6-8-13/h4-8,11H,9-10H2,1-3H3,(H,18,21)(H,19,22). The third-order valence-electron chi connectivity index (χ3n) is 3.37. The molecule has 2 N–H and O–H groups in total. The molecule has 23 heavy (non-hydrogen) atoms. The Hall–Kier alpha value is -2.63. The van der Waals surface area contributed by atoms with Crippen LogP contribution in [-0.2, 0) is 4.79 Å². The molecule has 0 saturated carbocycles. The van der Waals surface area contributed by atoms with Gasteiger partial charge in [-0.2, -0.15) is 0 Å². The summed E-state index contributed by atoms with van der Waals surface area (Å²) in [5.74, 6) is 0.0926. The first kappa shape index (κ1) is 16.7. The van der Waals surface area contributed by atoms with Crippen molar-refractivity contribution < 1.29 is 14.1 Å². The second-order valence-corrected chi connectivity index (χ2v) is 5.53. The Balaban J connectivity index is 2.00. The van der Waals surface area contributed by atoms with Gasteiger partial charge in [0, 0.05) is 24.6 Å². The van der Waals surface area contributed by atoms with Crippen LogP contribution in [0.1, 0.15) is 30.0 Å². The van der Waals surface area contributed by atoms with E-state index in [2.05, 4.69) is 15.8 Å². The minimum Gasteiger partial charge on any atom is -0.360 e. The predicted molar refractivity (Wildman–Crippen MR) is 86.9 cm³/mol. The van der Waals surface area contributed by atoms with Gasteiger partial charge < -0.3 is 15.2 Å². The topological polar surface area (TPSA) is 84.2 Å². The molecule has 122 valence electrons. The average molecular weight is 315 g/mol. The van der Waals surface area contributed by atoms with Crippen molar-refractivity contribution in [2.24, 2.45) is 5.92 Å². The fraction of sp³-hybridized carbons (Fsp3) is 0.353. The number of hydrogen-bond donors (Lipinski definition) is 2. The normalized spacial score (nSPS) is 10.6. The Kier molecular flexibility index (Phi) is 5.51. The average Bonchev–Trinajstić information content (AvgIpc) is 2.93. The van der Waals surface area contributed by atoms with E-state index < -0.39 is 0 Å². The van der Waals surface area contributed by atoms with E-state index in [1.165, 1.54) is 0 Å². The molecule has 6 heteroatoms. The number of benzene rings is 1. The molecular weight excluding hydrogens is 294 g/mol. The van der Waals surface area contributed by atoms with E-state index in [4.69, 9.17) is 4.52 Å². The van der Waals surface area contributed by atoms with Crippen molar-refractivity contribution in [3.63, 3.8) is 0 Å². The molecule has 1 heterocycles. The van der Waals surface area contributed by atoms with Gasteiger partial charge in [-0.25, -0.2) is 0 Å². The molecule has 2 amide bonds. The number of nitrogens with one attached hydrogen (secondary N) is 2. The van der Waals surface area contributed by atoms with Crippen molar-refractivity contribution in [2.75, 3.05) is 13.1 Å². The van der Waals surface area contributed by atoms with Gasteiger partial charge >= 0.3 is 0 Å². The number of aromatic nitrogens is 1. The maximum absolute atomic E-state index is 12.4. The van der Waals surface area contributed by atoms with Gasteiger partial charge in [0.1, 0.15) is 17.0 Å². The highest BCUT2D eigenvalue weighted by Gasteiger charge is 2.21. The van der Waals surface area contributed by atoms with Crippen LogP contribution in [0.2, 0.25) is 0 Å². The summed E-state index contributed by atoms with van der Waals surface area (Å²) in [4.78, 5) is 23.8. The molecule has 0 aliphatic rings. The Bertz CT molecular complexity index is 678. The van der Waals surface area contributed by atoms with Crippen LogP contribution in [0.15, 0.2) is 34.9 Å². The molecule has 0 aliphatic heterocycles. The quantitative estimate of drug-likeness (QED) is 0.800. The van der Waals surface area contributed by atoms with Crippen molar-refractivity contribution in [3.8, 4) is 11.3 Å². The van der Waals surface area contributed by atoms with Gasteiger partial charge in [-0.15, -0.1) is 0 Å². The molecule has 6 nitrogen and oxygen atoms in total. The number of carbonyl (C=O) groups excluding carboxylic acids is 2. The van der Waals surface area contributed by atoms with E-state index in [0.717, 1.165) is 5.56 Å². The molecule has 1 aromatic carbocycles. The first-order chi connectivity index (χ1) is 11.0. The van der Waals surface area contributed by atoms with Gasteiger partial charge in [0.15, 0.2) is 0 Å². The Morgan fingerprint density at radius 2 is 1.78 bits per heavy atom. The number of amides is 2. The van der Waals surface area contributed by atoms with Crippen LogP contribution < -0.4 is 10.6 Å². The summed E-state index contributed by atoms with van der Waals surface area (Å²) in [6.45, 7) is 6.07. The molecule has 0 fully saturated rings. The minimum atomic E-state index is -0.263.